The van der Waals surface area contributed by atoms with Crippen LogP contribution in [0.1, 0.15) is 10.4 Å². The van der Waals surface area contributed by atoms with Gasteiger partial charge in [-0.25, -0.2) is 4.39 Å². The van der Waals surface area contributed by atoms with Gasteiger partial charge in [0.05, 0.1) is 12.1 Å². The van der Waals surface area contributed by atoms with E-state index in [2.05, 4.69) is 5.92 Å². The zero-order valence-electron chi connectivity index (χ0n) is 7.83. The number of hydrogen-bond acceptors (Lipinski definition) is 1. The highest BCUT2D eigenvalue weighted by Gasteiger charge is 2.13. The first-order valence-corrected chi connectivity index (χ1v) is 4.10. The number of benzene rings is 1. The van der Waals surface area contributed by atoms with E-state index in [-0.39, 0.29) is 12.1 Å². The van der Waals surface area contributed by atoms with Crippen LogP contribution in [0.3, 0.4) is 0 Å². The van der Waals surface area contributed by atoms with Gasteiger partial charge in [0.15, 0.2) is 0 Å². The van der Waals surface area contributed by atoms with Crippen molar-refractivity contribution in [3.05, 3.63) is 35.6 Å². The van der Waals surface area contributed by atoms with E-state index in [1.165, 1.54) is 30.1 Å². The first-order chi connectivity index (χ1) is 6.66. The van der Waals surface area contributed by atoms with Crippen LogP contribution in [0.15, 0.2) is 24.3 Å². The van der Waals surface area contributed by atoms with Crippen molar-refractivity contribution in [1.82, 2.24) is 4.90 Å². The minimum atomic E-state index is -0.527. The van der Waals surface area contributed by atoms with Crippen LogP contribution in [0.2, 0.25) is 0 Å². The van der Waals surface area contributed by atoms with E-state index in [1.54, 1.807) is 6.07 Å². The molecule has 1 aromatic carbocycles. The van der Waals surface area contributed by atoms with Crippen molar-refractivity contribution in [1.29, 1.82) is 0 Å². The monoisotopic (exact) mass is 191 g/mol. The van der Waals surface area contributed by atoms with Gasteiger partial charge in [-0.1, -0.05) is 18.1 Å². The fourth-order valence-corrected chi connectivity index (χ4v) is 1.05. The lowest BCUT2D eigenvalue weighted by atomic mass is 10.2. The van der Waals surface area contributed by atoms with Crippen LogP contribution in [0.4, 0.5) is 4.39 Å². The Morgan fingerprint density at radius 3 is 2.79 bits per heavy atom. The van der Waals surface area contributed by atoms with Crippen molar-refractivity contribution in [3.63, 3.8) is 0 Å². The van der Waals surface area contributed by atoms with E-state index in [0.717, 1.165) is 0 Å². The normalized spacial score (nSPS) is 9.21. The van der Waals surface area contributed by atoms with Crippen molar-refractivity contribution in [3.8, 4) is 12.3 Å². The quantitative estimate of drug-likeness (QED) is 0.649. The van der Waals surface area contributed by atoms with Crippen molar-refractivity contribution >= 4 is 5.91 Å². The maximum absolute atomic E-state index is 13.1. The van der Waals surface area contributed by atoms with Crippen LogP contribution in [0, 0.1) is 18.2 Å². The lowest BCUT2D eigenvalue weighted by Crippen LogP contribution is -2.27. The van der Waals surface area contributed by atoms with Crippen LogP contribution >= 0.6 is 0 Å². The van der Waals surface area contributed by atoms with E-state index in [0.29, 0.717) is 0 Å². The molecule has 1 amide bonds. The third-order valence-corrected chi connectivity index (χ3v) is 1.78. The third kappa shape index (κ3) is 2.11. The molecule has 14 heavy (non-hydrogen) atoms. The topological polar surface area (TPSA) is 20.3 Å². The number of carbonyl (C=O) groups excluding carboxylic acids is 1. The standard InChI is InChI=1S/C11H10FNO/c1-3-8-13(2)11(14)9-6-4-5-7-10(9)12/h1,4-7H,8H2,2H3. The molecule has 0 saturated heterocycles. The second kappa shape index (κ2) is 4.43. The minimum absolute atomic E-state index is 0.0465. The number of terminal acetylenes is 1. The van der Waals surface area contributed by atoms with Crippen LogP contribution in [-0.2, 0) is 0 Å². The summed E-state index contributed by atoms with van der Waals surface area (Å²) in [6.45, 7) is 0.174. The molecular weight excluding hydrogens is 181 g/mol. The molecule has 0 fully saturated rings. The first kappa shape index (κ1) is 10.3. The number of amides is 1. The van der Waals surface area contributed by atoms with Crippen molar-refractivity contribution in [2.45, 2.75) is 0 Å². The van der Waals surface area contributed by atoms with Gasteiger partial charge in [-0.3, -0.25) is 4.79 Å². The molecule has 0 aromatic heterocycles. The predicted octanol–water partition coefficient (Wildman–Crippen LogP) is 1.53. The molecule has 3 heteroatoms. The van der Waals surface area contributed by atoms with Gasteiger partial charge in [0.25, 0.3) is 5.91 Å². The summed E-state index contributed by atoms with van der Waals surface area (Å²) in [5.41, 5.74) is 0.0465. The summed E-state index contributed by atoms with van der Waals surface area (Å²) < 4.78 is 13.1. The fourth-order valence-electron chi connectivity index (χ4n) is 1.05. The van der Waals surface area contributed by atoms with Crippen molar-refractivity contribution in [2.75, 3.05) is 13.6 Å². The average molecular weight is 191 g/mol. The molecule has 0 N–H and O–H groups in total. The molecule has 0 spiro atoms. The molecule has 0 saturated carbocycles. The van der Waals surface area contributed by atoms with Crippen LogP contribution in [0.25, 0.3) is 0 Å². The minimum Gasteiger partial charge on any atom is -0.330 e. The highest BCUT2D eigenvalue weighted by molar-refractivity contribution is 5.94. The van der Waals surface area contributed by atoms with Crippen molar-refractivity contribution in [2.24, 2.45) is 0 Å². The molecule has 0 aliphatic heterocycles. The molecular formula is C11H10FNO. The van der Waals surface area contributed by atoms with Gasteiger partial charge < -0.3 is 4.90 Å². The molecule has 2 nitrogen and oxygen atoms in total. The third-order valence-electron chi connectivity index (χ3n) is 1.78. The van der Waals surface area contributed by atoms with Gasteiger partial charge in [-0.05, 0) is 12.1 Å². The van der Waals surface area contributed by atoms with Crippen molar-refractivity contribution < 1.29 is 9.18 Å². The van der Waals surface area contributed by atoms with E-state index < -0.39 is 11.7 Å². The second-order valence-electron chi connectivity index (χ2n) is 2.85. The van der Waals surface area contributed by atoms with E-state index >= 15 is 0 Å². The number of carbonyl (C=O) groups is 1. The highest BCUT2D eigenvalue weighted by Crippen LogP contribution is 2.08. The summed E-state index contributed by atoms with van der Waals surface area (Å²) >= 11 is 0. The highest BCUT2D eigenvalue weighted by atomic mass is 19.1. The molecule has 0 radical (unpaired) electrons. The summed E-state index contributed by atoms with van der Waals surface area (Å²) in [4.78, 5) is 12.8. The Labute approximate surface area is 82.3 Å². The largest absolute Gasteiger partial charge is 0.330 e. The molecule has 1 aromatic rings. The van der Waals surface area contributed by atoms with E-state index in [9.17, 15) is 9.18 Å². The molecule has 0 atom stereocenters. The van der Waals surface area contributed by atoms with E-state index in [1.807, 2.05) is 0 Å². The number of hydrogen-bond donors (Lipinski definition) is 0. The van der Waals surface area contributed by atoms with Gasteiger partial charge >= 0.3 is 0 Å². The molecule has 0 heterocycles. The second-order valence-corrected chi connectivity index (χ2v) is 2.85. The lowest BCUT2D eigenvalue weighted by Gasteiger charge is -2.13. The van der Waals surface area contributed by atoms with E-state index in [4.69, 9.17) is 6.42 Å². The molecule has 0 bridgehead atoms. The number of halogens is 1. The zero-order chi connectivity index (χ0) is 10.6. The van der Waals surface area contributed by atoms with Crippen LogP contribution in [-0.4, -0.2) is 24.4 Å². The predicted molar refractivity (Wildman–Crippen MR) is 52.2 cm³/mol. The molecule has 0 aliphatic rings. The molecule has 0 aliphatic carbocycles. The van der Waals surface area contributed by atoms with Crippen LogP contribution in [0.5, 0.6) is 0 Å². The van der Waals surface area contributed by atoms with Gasteiger partial charge in [0.1, 0.15) is 5.82 Å². The average Bonchev–Trinajstić information content (AvgIpc) is 2.18. The Kier molecular flexibility index (Phi) is 3.24. The van der Waals surface area contributed by atoms with Gasteiger partial charge in [-0.15, -0.1) is 6.42 Å². The summed E-state index contributed by atoms with van der Waals surface area (Å²) in [5, 5.41) is 0. The SMILES string of the molecule is C#CCN(C)C(=O)c1ccccc1F. The molecule has 0 unspecified atom stereocenters. The Bertz CT molecular complexity index is 381. The molecule has 72 valence electrons. The number of nitrogens with zero attached hydrogens (tertiary/aromatic N) is 1. The Morgan fingerprint density at radius 2 is 2.21 bits per heavy atom. The summed E-state index contributed by atoms with van der Waals surface area (Å²) in [5.74, 6) is 1.39. The van der Waals surface area contributed by atoms with Gasteiger partial charge in [-0.2, -0.15) is 0 Å². The molecule has 1 rings (SSSR count). The number of rotatable bonds is 2. The van der Waals surface area contributed by atoms with Crippen LogP contribution < -0.4 is 0 Å². The zero-order valence-corrected chi connectivity index (χ0v) is 7.83. The Balaban J connectivity index is 2.91. The smallest absolute Gasteiger partial charge is 0.257 e. The lowest BCUT2D eigenvalue weighted by molar-refractivity contribution is 0.0808. The first-order valence-electron chi connectivity index (χ1n) is 4.10. The fraction of sp³-hybridized carbons (Fsp3) is 0.182. The Morgan fingerprint density at radius 1 is 1.57 bits per heavy atom. The van der Waals surface area contributed by atoms with Gasteiger partial charge in [0.2, 0.25) is 0 Å². The summed E-state index contributed by atoms with van der Waals surface area (Å²) in [6, 6.07) is 5.83. The maximum Gasteiger partial charge on any atom is 0.257 e. The maximum atomic E-state index is 13.1. The summed E-state index contributed by atoms with van der Waals surface area (Å²) in [6.07, 6.45) is 5.05. The Hall–Kier alpha value is -1.82. The summed E-state index contributed by atoms with van der Waals surface area (Å²) in [7, 11) is 1.54. The van der Waals surface area contributed by atoms with Gasteiger partial charge in [0, 0.05) is 7.05 Å².